The third-order valence-electron chi connectivity index (χ3n) is 2.26. The zero-order valence-corrected chi connectivity index (χ0v) is 9.82. The molecule has 1 aromatic heterocycles. The number of halogens is 1. The van der Waals surface area contributed by atoms with Crippen molar-refractivity contribution in [2.75, 3.05) is 7.11 Å². The van der Waals surface area contributed by atoms with E-state index < -0.39 is 0 Å². The summed E-state index contributed by atoms with van der Waals surface area (Å²) < 4.78 is 5.29. The Balaban J connectivity index is 2.58. The van der Waals surface area contributed by atoms with Gasteiger partial charge in [0.05, 0.1) is 12.8 Å². The van der Waals surface area contributed by atoms with Crippen LogP contribution >= 0.6 is 11.6 Å². The molecule has 0 saturated carbocycles. The first kappa shape index (κ1) is 10.9. The molecule has 0 aliphatic rings. The molecule has 0 amide bonds. The Morgan fingerprint density at radius 2 is 2.06 bits per heavy atom. The standard InChI is InChI=1S/C12H11ClN2O/c1-8-3-4-11(16-2)9(7-8)10-5-6-14-12(13)15-10/h3-7H,1-2H3. The fourth-order valence-electron chi connectivity index (χ4n) is 1.51. The Morgan fingerprint density at radius 1 is 1.25 bits per heavy atom. The van der Waals surface area contributed by atoms with Crippen molar-refractivity contribution in [2.45, 2.75) is 6.92 Å². The number of benzene rings is 1. The molecule has 0 aliphatic heterocycles. The number of hydrogen-bond acceptors (Lipinski definition) is 3. The van der Waals surface area contributed by atoms with Crippen LogP contribution in [0, 0.1) is 6.92 Å². The SMILES string of the molecule is COc1ccc(C)cc1-c1ccnc(Cl)n1. The summed E-state index contributed by atoms with van der Waals surface area (Å²) in [5, 5.41) is 0.237. The number of aromatic nitrogens is 2. The average Bonchev–Trinajstić information content (AvgIpc) is 2.29. The van der Waals surface area contributed by atoms with Gasteiger partial charge in [-0.2, -0.15) is 0 Å². The maximum atomic E-state index is 5.77. The summed E-state index contributed by atoms with van der Waals surface area (Å²) in [7, 11) is 1.64. The van der Waals surface area contributed by atoms with Crippen molar-refractivity contribution in [3.8, 4) is 17.0 Å². The summed E-state index contributed by atoms with van der Waals surface area (Å²) in [6.45, 7) is 2.02. The third kappa shape index (κ3) is 2.14. The number of aryl methyl sites for hydroxylation is 1. The molecule has 16 heavy (non-hydrogen) atoms. The highest BCUT2D eigenvalue weighted by Crippen LogP contribution is 2.29. The first-order valence-corrected chi connectivity index (χ1v) is 5.22. The number of nitrogens with zero attached hydrogens (tertiary/aromatic N) is 2. The molecule has 0 radical (unpaired) electrons. The van der Waals surface area contributed by atoms with E-state index in [0.29, 0.717) is 0 Å². The maximum Gasteiger partial charge on any atom is 0.222 e. The van der Waals surface area contributed by atoms with E-state index in [1.807, 2.05) is 31.2 Å². The molecule has 0 atom stereocenters. The van der Waals surface area contributed by atoms with Gasteiger partial charge in [0.25, 0.3) is 0 Å². The van der Waals surface area contributed by atoms with Crippen molar-refractivity contribution in [3.63, 3.8) is 0 Å². The Labute approximate surface area is 99.1 Å². The lowest BCUT2D eigenvalue weighted by Gasteiger charge is -2.08. The van der Waals surface area contributed by atoms with Crippen molar-refractivity contribution < 1.29 is 4.74 Å². The van der Waals surface area contributed by atoms with Gasteiger partial charge in [-0.15, -0.1) is 0 Å². The van der Waals surface area contributed by atoms with Gasteiger partial charge < -0.3 is 4.74 Å². The van der Waals surface area contributed by atoms with Gasteiger partial charge in [0.2, 0.25) is 5.28 Å². The van der Waals surface area contributed by atoms with Gasteiger partial charge in [0.15, 0.2) is 0 Å². The van der Waals surface area contributed by atoms with Crippen LogP contribution in [0.15, 0.2) is 30.5 Å². The largest absolute Gasteiger partial charge is 0.496 e. The molecule has 82 valence electrons. The fraction of sp³-hybridized carbons (Fsp3) is 0.167. The van der Waals surface area contributed by atoms with Crippen molar-refractivity contribution in [3.05, 3.63) is 41.3 Å². The first-order chi connectivity index (χ1) is 7.70. The second kappa shape index (κ2) is 4.49. The lowest BCUT2D eigenvalue weighted by atomic mass is 10.1. The molecule has 0 saturated heterocycles. The average molecular weight is 235 g/mol. The molecule has 2 aromatic rings. The molecule has 0 unspecified atom stereocenters. The zero-order valence-electron chi connectivity index (χ0n) is 9.07. The van der Waals surface area contributed by atoms with Crippen LogP contribution in [0.1, 0.15) is 5.56 Å². The molecular formula is C12H11ClN2O. The monoisotopic (exact) mass is 234 g/mol. The van der Waals surface area contributed by atoms with Crippen LogP contribution in [-0.4, -0.2) is 17.1 Å². The lowest BCUT2D eigenvalue weighted by molar-refractivity contribution is 0.416. The molecule has 2 rings (SSSR count). The van der Waals surface area contributed by atoms with E-state index in [-0.39, 0.29) is 5.28 Å². The highest BCUT2D eigenvalue weighted by atomic mass is 35.5. The van der Waals surface area contributed by atoms with Crippen LogP contribution in [0.5, 0.6) is 5.75 Å². The minimum absolute atomic E-state index is 0.237. The van der Waals surface area contributed by atoms with Gasteiger partial charge >= 0.3 is 0 Å². The van der Waals surface area contributed by atoms with Crippen molar-refractivity contribution in [1.82, 2.24) is 9.97 Å². The summed E-state index contributed by atoms with van der Waals surface area (Å²) in [5.41, 5.74) is 2.83. The molecule has 3 nitrogen and oxygen atoms in total. The van der Waals surface area contributed by atoms with Gasteiger partial charge in [-0.1, -0.05) is 11.6 Å². The Kier molecular flexibility index (Phi) is 3.06. The molecule has 4 heteroatoms. The predicted molar refractivity (Wildman–Crippen MR) is 63.8 cm³/mol. The first-order valence-electron chi connectivity index (χ1n) is 4.84. The number of rotatable bonds is 2. The van der Waals surface area contributed by atoms with Crippen LogP contribution in [-0.2, 0) is 0 Å². The molecular weight excluding hydrogens is 224 g/mol. The van der Waals surface area contributed by atoms with E-state index >= 15 is 0 Å². The summed E-state index contributed by atoms with van der Waals surface area (Å²) in [4.78, 5) is 8.02. The van der Waals surface area contributed by atoms with Crippen LogP contribution < -0.4 is 4.74 Å². The van der Waals surface area contributed by atoms with E-state index in [0.717, 1.165) is 22.6 Å². The molecule has 0 N–H and O–H groups in total. The molecule has 0 bridgehead atoms. The lowest BCUT2D eigenvalue weighted by Crippen LogP contribution is -1.92. The second-order valence-electron chi connectivity index (χ2n) is 3.41. The van der Waals surface area contributed by atoms with E-state index in [4.69, 9.17) is 16.3 Å². The van der Waals surface area contributed by atoms with Crippen molar-refractivity contribution >= 4 is 11.6 Å². The second-order valence-corrected chi connectivity index (χ2v) is 3.75. The van der Waals surface area contributed by atoms with Gasteiger partial charge in [0.1, 0.15) is 5.75 Å². The van der Waals surface area contributed by atoms with E-state index in [9.17, 15) is 0 Å². The summed E-state index contributed by atoms with van der Waals surface area (Å²) in [5.74, 6) is 0.778. The molecule has 0 spiro atoms. The number of methoxy groups -OCH3 is 1. The summed E-state index contributed by atoms with van der Waals surface area (Å²) in [6, 6.07) is 7.73. The Hall–Kier alpha value is -1.61. The minimum atomic E-state index is 0.237. The highest BCUT2D eigenvalue weighted by molar-refractivity contribution is 6.28. The third-order valence-corrected chi connectivity index (χ3v) is 2.44. The summed E-state index contributed by atoms with van der Waals surface area (Å²) in [6.07, 6.45) is 1.63. The molecule has 0 aliphatic carbocycles. The predicted octanol–water partition coefficient (Wildman–Crippen LogP) is 3.11. The molecule has 1 heterocycles. The van der Waals surface area contributed by atoms with Crippen molar-refractivity contribution in [2.24, 2.45) is 0 Å². The Morgan fingerprint density at radius 3 is 2.75 bits per heavy atom. The quantitative estimate of drug-likeness (QED) is 0.749. The van der Waals surface area contributed by atoms with Crippen LogP contribution in [0.2, 0.25) is 5.28 Å². The van der Waals surface area contributed by atoms with Crippen LogP contribution in [0.4, 0.5) is 0 Å². The van der Waals surface area contributed by atoms with E-state index in [1.54, 1.807) is 13.3 Å². The maximum absolute atomic E-state index is 5.77. The van der Waals surface area contributed by atoms with Gasteiger partial charge in [0, 0.05) is 11.8 Å². The zero-order chi connectivity index (χ0) is 11.5. The van der Waals surface area contributed by atoms with Gasteiger partial charge in [-0.25, -0.2) is 9.97 Å². The molecule has 0 fully saturated rings. The van der Waals surface area contributed by atoms with E-state index in [2.05, 4.69) is 9.97 Å². The highest BCUT2D eigenvalue weighted by Gasteiger charge is 2.07. The van der Waals surface area contributed by atoms with Gasteiger partial charge in [-0.05, 0) is 36.7 Å². The fourth-order valence-corrected chi connectivity index (χ4v) is 1.65. The normalized spacial score (nSPS) is 10.2. The number of ether oxygens (including phenoxy) is 1. The van der Waals surface area contributed by atoms with Crippen molar-refractivity contribution in [1.29, 1.82) is 0 Å². The van der Waals surface area contributed by atoms with E-state index in [1.165, 1.54) is 0 Å². The minimum Gasteiger partial charge on any atom is -0.496 e. The smallest absolute Gasteiger partial charge is 0.222 e. The topological polar surface area (TPSA) is 35.0 Å². The number of hydrogen-bond donors (Lipinski definition) is 0. The molecule has 1 aromatic carbocycles. The summed E-state index contributed by atoms with van der Waals surface area (Å²) >= 11 is 5.77. The van der Waals surface area contributed by atoms with Gasteiger partial charge in [-0.3, -0.25) is 0 Å². The van der Waals surface area contributed by atoms with Crippen LogP contribution in [0.25, 0.3) is 11.3 Å². The Bertz CT molecular complexity index is 514. The van der Waals surface area contributed by atoms with Crippen LogP contribution in [0.3, 0.4) is 0 Å².